The molecule has 0 bridgehead atoms. The Morgan fingerprint density at radius 3 is 3.05 bits per heavy atom. The highest BCUT2D eigenvalue weighted by Crippen LogP contribution is 2.34. The van der Waals surface area contributed by atoms with Gasteiger partial charge in [-0.1, -0.05) is 6.92 Å². The predicted octanol–water partition coefficient (Wildman–Crippen LogP) is 1.92. The van der Waals surface area contributed by atoms with Crippen LogP contribution in [0, 0.1) is 11.7 Å². The molecule has 104 valence electrons. The molecule has 0 fully saturated rings. The van der Waals surface area contributed by atoms with E-state index in [0.717, 1.165) is 0 Å². The minimum atomic E-state index is -0.365. The van der Waals surface area contributed by atoms with Crippen molar-refractivity contribution in [2.45, 2.75) is 26.4 Å². The van der Waals surface area contributed by atoms with Crippen LogP contribution < -0.4 is 15.4 Å². The number of ether oxygens (including phenoxy) is 1. The highest BCUT2D eigenvalue weighted by atomic mass is 19.1. The molecule has 4 nitrogen and oxygen atoms in total. The normalized spacial score (nSPS) is 19.6. The van der Waals surface area contributed by atoms with E-state index in [-0.39, 0.29) is 23.7 Å². The van der Waals surface area contributed by atoms with Gasteiger partial charge in [-0.3, -0.25) is 4.79 Å². The van der Waals surface area contributed by atoms with E-state index in [1.54, 1.807) is 11.0 Å². The van der Waals surface area contributed by atoms with Crippen molar-refractivity contribution in [3.05, 3.63) is 24.0 Å². The molecule has 0 radical (unpaired) electrons. The number of nitrogens with two attached hydrogens (primary N) is 1. The maximum absolute atomic E-state index is 13.2. The first-order valence-electron chi connectivity index (χ1n) is 6.48. The molecule has 0 aromatic heterocycles. The van der Waals surface area contributed by atoms with Gasteiger partial charge >= 0.3 is 0 Å². The van der Waals surface area contributed by atoms with Crippen LogP contribution in [0.15, 0.2) is 18.2 Å². The van der Waals surface area contributed by atoms with Crippen molar-refractivity contribution in [2.24, 2.45) is 11.7 Å². The lowest BCUT2D eigenvalue weighted by atomic mass is 10.1. The summed E-state index contributed by atoms with van der Waals surface area (Å²) in [6.07, 6.45) is 0.242. The van der Waals surface area contributed by atoms with Crippen LogP contribution in [0.2, 0.25) is 0 Å². The molecule has 1 aliphatic heterocycles. The minimum absolute atomic E-state index is 0.000887. The molecule has 0 unspecified atom stereocenters. The topological polar surface area (TPSA) is 55.6 Å². The molecule has 1 aliphatic rings. The van der Waals surface area contributed by atoms with Gasteiger partial charge in [-0.15, -0.1) is 0 Å². The van der Waals surface area contributed by atoms with Crippen molar-refractivity contribution >= 4 is 11.6 Å². The Morgan fingerprint density at radius 1 is 1.63 bits per heavy atom. The standard InChI is InChI=1S/C14H19FN2O2/c1-9(7-16)5-14(18)17-8-10(2)19-13-6-11(15)3-4-12(13)17/h3-4,6,9-10H,5,7-8,16H2,1-2H3/t9-,10-/m1/s1. The molecule has 1 heterocycles. The van der Waals surface area contributed by atoms with Crippen LogP contribution in [0.1, 0.15) is 20.3 Å². The average molecular weight is 266 g/mol. The maximum atomic E-state index is 13.2. The highest BCUT2D eigenvalue weighted by Gasteiger charge is 2.28. The van der Waals surface area contributed by atoms with E-state index in [2.05, 4.69) is 0 Å². The van der Waals surface area contributed by atoms with Crippen molar-refractivity contribution in [3.8, 4) is 5.75 Å². The number of rotatable bonds is 3. The van der Waals surface area contributed by atoms with Crippen molar-refractivity contribution in [2.75, 3.05) is 18.0 Å². The third-order valence-electron chi connectivity index (χ3n) is 3.21. The lowest BCUT2D eigenvalue weighted by molar-refractivity contribution is -0.119. The molecule has 0 spiro atoms. The van der Waals surface area contributed by atoms with E-state index in [1.807, 2.05) is 13.8 Å². The quantitative estimate of drug-likeness (QED) is 0.909. The first-order valence-corrected chi connectivity index (χ1v) is 6.48. The second kappa shape index (κ2) is 5.57. The second-order valence-corrected chi connectivity index (χ2v) is 5.09. The lowest BCUT2D eigenvalue weighted by Crippen LogP contribution is -2.43. The summed E-state index contributed by atoms with van der Waals surface area (Å²) < 4.78 is 18.8. The van der Waals surface area contributed by atoms with Gasteiger partial charge in [0.15, 0.2) is 0 Å². The van der Waals surface area contributed by atoms with E-state index >= 15 is 0 Å². The number of amides is 1. The van der Waals surface area contributed by atoms with Gasteiger partial charge in [-0.05, 0) is 31.5 Å². The largest absolute Gasteiger partial charge is 0.487 e. The van der Waals surface area contributed by atoms with Gasteiger partial charge in [0.05, 0.1) is 12.2 Å². The number of nitrogens with zero attached hydrogens (tertiary/aromatic N) is 1. The van der Waals surface area contributed by atoms with Gasteiger partial charge in [0.25, 0.3) is 0 Å². The van der Waals surface area contributed by atoms with E-state index < -0.39 is 0 Å². The summed E-state index contributed by atoms with van der Waals surface area (Å²) in [5.41, 5.74) is 6.18. The molecule has 2 rings (SSSR count). The molecular formula is C14H19FN2O2. The Labute approximate surface area is 112 Å². The zero-order valence-corrected chi connectivity index (χ0v) is 11.2. The van der Waals surface area contributed by atoms with Crippen LogP contribution in [0.25, 0.3) is 0 Å². The first kappa shape index (κ1) is 13.8. The number of hydrogen-bond acceptors (Lipinski definition) is 3. The van der Waals surface area contributed by atoms with Gasteiger partial charge in [0.2, 0.25) is 5.91 Å². The Hall–Kier alpha value is -1.62. The zero-order chi connectivity index (χ0) is 14.0. The maximum Gasteiger partial charge on any atom is 0.227 e. The smallest absolute Gasteiger partial charge is 0.227 e. The van der Waals surface area contributed by atoms with Gasteiger partial charge < -0.3 is 15.4 Å². The summed E-state index contributed by atoms with van der Waals surface area (Å²) in [5, 5.41) is 0. The molecule has 2 atom stereocenters. The van der Waals surface area contributed by atoms with Crippen LogP contribution >= 0.6 is 0 Å². The molecule has 0 saturated heterocycles. The van der Waals surface area contributed by atoms with E-state index in [4.69, 9.17) is 10.5 Å². The predicted molar refractivity (Wildman–Crippen MR) is 71.7 cm³/mol. The number of benzene rings is 1. The third-order valence-corrected chi connectivity index (χ3v) is 3.21. The van der Waals surface area contributed by atoms with Gasteiger partial charge in [-0.25, -0.2) is 4.39 Å². The third kappa shape index (κ3) is 3.04. The Bertz CT molecular complexity index is 479. The lowest BCUT2D eigenvalue weighted by Gasteiger charge is -2.34. The van der Waals surface area contributed by atoms with Crippen molar-refractivity contribution < 1.29 is 13.9 Å². The summed E-state index contributed by atoms with van der Waals surface area (Å²) in [5.74, 6) is 0.193. The molecule has 0 saturated carbocycles. The van der Waals surface area contributed by atoms with Crippen LogP contribution in [-0.4, -0.2) is 25.1 Å². The molecule has 5 heteroatoms. The van der Waals surface area contributed by atoms with Crippen LogP contribution in [0.3, 0.4) is 0 Å². The summed E-state index contributed by atoms with van der Waals surface area (Å²) in [4.78, 5) is 13.9. The summed E-state index contributed by atoms with van der Waals surface area (Å²) in [6, 6.07) is 4.24. The summed E-state index contributed by atoms with van der Waals surface area (Å²) in [6.45, 7) is 4.75. The highest BCUT2D eigenvalue weighted by molar-refractivity contribution is 5.95. The van der Waals surface area contributed by atoms with Crippen LogP contribution in [0.4, 0.5) is 10.1 Å². The van der Waals surface area contributed by atoms with Gasteiger partial charge in [0.1, 0.15) is 17.7 Å². The second-order valence-electron chi connectivity index (χ2n) is 5.09. The number of hydrogen-bond donors (Lipinski definition) is 1. The first-order chi connectivity index (χ1) is 9.01. The van der Waals surface area contributed by atoms with Gasteiger partial charge in [0, 0.05) is 12.5 Å². The fourth-order valence-electron chi connectivity index (χ4n) is 2.14. The Morgan fingerprint density at radius 2 is 2.37 bits per heavy atom. The fourth-order valence-corrected chi connectivity index (χ4v) is 2.14. The van der Waals surface area contributed by atoms with Crippen LogP contribution in [-0.2, 0) is 4.79 Å². The molecular weight excluding hydrogens is 247 g/mol. The van der Waals surface area contributed by atoms with Crippen molar-refractivity contribution in [1.29, 1.82) is 0 Å². The fraction of sp³-hybridized carbons (Fsp3) is 0.500. The number of anilines is 1. The van der Waals surface area contributed by atoms with Crippen LogP contribution in [0.5, 0.6) is 5.75 Å². The summed E-state index contributed by atoms with van der Waals surface area (Å²) >= 11 is 0. The van der Waals surface area contributed by atoms with Gasteiger partial charge in [-0.2, -0.15) is 0 Å². The number of carbonyl (C=O) groups excluding carboxylic acids is 1. The zero-order valence-electron chi connectivity index (χ0n) is 11.2. The molecule has 0 aliphatic carbocycles. The van der Waals surface area contributed by atoms with E-state index in [9.17, 15) is 9.18 Å². The average Bonchev–Trinajstić information content (AvgIpc) is 2.36. The van der Waals surface area contributed by atoms with Crippen molar-refractivity contribution in [1.82, 2.24) is 0 Å². The Balaban J connectivity index is 2.25. The summed E-state index contributed by atoms with van der Waals surface area (Å²) in [7, 11) is 0. The van der Waals surface area contributed by atoms with Crippen molar-refractivity contribution in [3.63, 3.8) is 0 Å². The number of carbonyl (C=O) groups is 1. The Kier molecular flexibility index (Phi) is 4.04. The minimum Gasteiger partial charge on any atom is -0.487 e. The van der Waals surface area contributed by atoms with E-state index in [0.29, 0.717) is 30.9 Å². The molecule has 1 aromatic carbocycles. The molecule has 19 heavy (non-hydrogen) atoms. The molecule has 1 amide bonds. The number of halogens is 1. The molecule has 1 aromatic rings. The monoisotopic (exact) mass is 266 g/mol. The molecule has 2 N–H and O–H groups in total. The number of fused-ring (bicyclic) bond motifs is 1. The SMILES string of the molecule is C[C@@H](CN)CC(=O)N1C[C@@H](C)Oc2cc(F)ccc21. The van der Waals surface area contributed by atoms with E-state index in [1.165, 1.54) is 12.1 Å².